The third-order valence-corrected chi connectivity index (χ3v) is 2.40. The molecule has 2 atom stereocenters. The molecule has 0 bridgehead atoms. The van der Waals surface area contributed by atoms with Crippen LogP contribution in [0.2, 0.25) is 0 Å². The Hall–Kier alpha value is -1.01. The minimum absolute atomic E-state index is 0.131. The molecule has 88 valence electrons. The van der Waals surface area contributed by atoms with Crippen LogP contribution in [0.15, 0.2) is 22.9 Å². The minimum atomic E-state index is -1.87. The summed E-state index contributed by atoms with van der Waals surface area (Å²) in [6, 6.07) is 2.08. The van der Waals surface area contributed by atoms with Crippen LogP contribution in [0.25, 0.3) is 0 Å². The van der Waals surface area contributed by atoms with Gasteiger partial charge in [0.2, 0.25) is 6.17 Å². The lowest BCUT2D eigenvalue weighted by Crippen LogP contribution is -2.31. The van der Waals surface area contributed by atoms with E-state index in [-0.39, 0.29) is 6.61 Å². The molecule has 0 aliphatic carbocycles. The summed E-state index contributed by atoms with van der Waals surface area (Å²) in [5.41, 5.74) is 6.10. The summed E-state index contributed by atoms with van der Waals surface area (Å²) in [6.07, 6.45) is -0.383. The lowest BCUT2D eigenvalue weighted by molar-refractivity contribution is -0.149. The molecular weight excluding hydrogens is 279 g/mol. The number of ether oxygens (including phenoxy) is 1. The molecule has 16 heavy (non-hydrogen) atoms. The quantitative estimate of drug-likeness (QED) is 0.678. The molecule has 1 aromatic rings. The fraction of sp³-hybridized carbons (Fsp3) is 0.400. The number of carbonyl (C=O) groups excluding carboxylic acids is 1. The number of rotatable bonds is 4. The van der Waals surface area contributed by atoms with Gasteiger partial charge in [-0.2, -0.15) is 0 Å². The van der Waals surface area contributed by atoms with E-state index >= 15 is 0 Å². The van der Waals surface area contributed by atoms with Crippen LogP contribution in [0.5, 0.6) is 0 Å². The predicted molar refractivity (Wildman–Crippen MR) is 60.4 cm³/mol. The first-order chi connectivity index (χ1) is 7.56. The van der Waals surface area contributed by atoms with E-state index in [2.05, 4.69) is 25.7 Å². The molecule has 1 rings (SSSR count). The zero-order chi connectivity index (χ0) is 12.1. The second-order valence-corrected chi connectivity index (χ2v) is 3.90. The number of nitrogens with zero attached hydrogens (tertiary/aromatic N) is 1. The van der Waals surface area contributed by atoms with Crippen molar-refractivity contribution in [2.24, 2.45) is 5.73 Å². The second kappa shape index (κ2) is 5.91. The molecule has 0 aromatic carbocycles. The molecule has 2 N–H and O–H groups in total. The van der Waals surface area contributed by atoms with E-state index in [1.807, 2.05) is 0 Å². The van der Waals surface area contributed by atoms with Crippen molar-refractivity contribution in [3.63, 3.8) is 0 Å². The van der Waals surface area contributed by atoms with Gasteiger partial charge < -0.3 is 10.5 Å². The van der Waals surface area contributed by atoms with Gasteiger partial charge in [0.05, 0.1) is 12.6 Å². The molecule has 0 fully saturated rings. The summed E-state index contributed by atoms with van der Waals surface area (Å²) in [4.78, 5) is 15.0. The number of nitrogens with two attached hydrogens (primary N) is 1. The maximum Gasteiger partial charge on any atom is 0.342 e. The Morgan fingerprint density at radius 3 is 3.00 bits per heavy atom. The van der Waals surface area contributed by atoms with E-state index in [4.69, 9.17) is 5.73 Å². The Balaban J connectivity index is 2.77. The lowest BCUT2D eigenvalue weighted by Gasteiger charge is -2.15. The summed E-state index contributed by atoms with van der Waals surface area (Å²) >= 11 is 3.14. The maximum atomic E-state index is 13.6. The fourth-order valence-electron chi connectivity index (χ4n) is 1.16. The third kappa shape index (κ3) is 3.24. The predicted octanol–water partition coefficient (Wildman–Crippen LogP) is 1.75. The molecule has 6 heteroatoms. The van der Waals surface area contributed by atoms with Crippen molar-refractivity contribution in [3.8, 4) is 0 Å². The summed E-state index contributed by atoms with van der Waals surface area (Å²) in [5.74, 6) is -0.942. The number of esters is 1. The van der Waals surface area contributed by atoms with Crippen LogP contribution in [-0.4, -0.2) is 23.7 Å². The molecular formula is C10H12BrFN2O2. The summed E-state index contributed by atoms with van der Waals surface area (Å²) in [7, 11) is 0. The molecule has 1 unspecified atom stereocenters. The highest BCUT2D eigenvalue weighted by atomic mass is 79.9. The molecule has 0 amide bonds. The molecule has 0 aliphatic heterocycles. The van der Waals surface area contributed by atoms with E-state index in [0.29, 0.717) is 10.2 Å². The van der Waals surface area contributed by atoms with Crippen LogP contribution in [0, 0.1) is 0 Å². The number of aromatic nitrogens is 1. The second-order valence-electron chi connectivity index (χ2n) is 3.09. The molecule has 0 aliphatic rings. The zero-order valence-electron chi connectivity index (χ0n) is 8.69. The standard InChI is InChI=1S/C10H12BrFN2O2/c1-2-16-10(15)8(12)9(13)6-3-4-14-7(11)5-6/h3-5,8-9H,2,13H2,1H3/t8?,9-/m1/s1. The number of carbonyl (C=O) groups is 1. The fourth-order valence-corrected chi connectivity index (χ4v) is 1.54. The Morgan fingerprint density at radius 2 is 2.44 bits per heavy atom. The summed E-state index contributed by atoms with van der Waals surface area (Å²) in [6.45, 7) is 1.74. The summed E-state index contributed by atoms with van der Waals surface area (Å²) in [5, 5.41) is 0. The normalized spacial score (nSPS) is 14.2. The number of hydrogen-bond acceptors (Lipinski definition) is 4. The van der Waals surface area contributed by atoms with Crippen LogP contribution < -0.4 is 5.73 Å². The van der Waals surface area contributed by atoms with E-state index in [9.17, 15) is 9.18 Å². The average molecular weight is 291 g/mol. The van der Waals surface area contributed by atoms with Gasteiger partial charge in [-0.1, -0.05) is 0 Å². The van der Waals surface area contributed by atoms with Crippen molar-refractivity contribution in [2.75, 3.05) is 6.61 Å². The third-order valence-electron chi connectivity index (χ3n) is 1.96. The van der Waals surface area contributed by atoms with Gasteiger partial charge in [0, 0.05) is 6.20 Å². The zero-order valence-corrected chi connectivity index (χ0v) is 10.3. The van der Waals surface area contributed by atoms with Crippen molar-refractivity contribution in [2.45, 2.75) is 19.1 Å². The highest BCUT2D eigenvalue weighted by molar-refractivity contribution is 9.10. The molecule has 0 saturated carbocycles. The van der Waals surface area contributed by atoms with Crippen LogP contribution in [0.4, 0.5) is 4.39 Å². The molecule has 0 saturated heterocycles. The average Bonchev–Trinajstić information content (AvgIpc) is 2.27. The Bertz CT molecular complexity index is 376. The molecule has 1 aromatic heterocycles. The van der Waals surface area contributed by atoms with Gasteiger partial charge >= 0.3 is 5.97 Å². The van der Waals surface area contributed by atoms with Crippen LogP contribution in [-0.2, 0) is 9.53 Å². The van der Waals surface area contributed by atoms with Crippen LogP contribution in [0.1, 0.15) is 18.5 Å². The smallest absolute Gasteiger partial charge is 0.342 e. The van der Waals surface area contributed by atoms with Crippen LogP contribution >= 0.6 is 15.9 Å². The van der Waals surface area contributed by atoms with Gasteiger partial charge in [-0.05, 0) is 40.5 Å². The molecule has 0 spiro atoms. The van der Waals surface area contributed by atoms with Gasteiger partial charge in [-0.3, -0.25) is 0 Å². The van der Waals surface area contributed by atoms with E-state index in [1.54, 1.807) is 19.1 Å². The van der Waals surface area contributed by atoms with Gasteiger partial charge in [-0.15, -0.1) is 0 Å². The number of pyridine rings is 1. The van der Waals surface area contributed by atoms with Crippen molar-refractivity contribution in [3.05, 3.63) is 28.5 Å². The van der Waals surface area contributed by atoms with Crippen molar-refractivity contribution < 1.29 is 13.9 Å². The molecule has 4 nitrogen and oxygen atoms in total. The summed E-state index contributed by atoms with van der Waals surface area (Å²) < 4.78 is 18.7. The van der Waals surface area contributed by atoms with Gasteiger partial charge in [-0.25, -0.2) is 14.2 Å². The van der Waals surface area contributed by atoms with E-state index < -0.39 is 18.2 Å². The first-order valence-corrected chi connectivity index (χ1v) is 5.53. The highest BCUT2D eigenvalue weighted by Crippen LogP contribution is 2.20. The Morgan fingerprint density at radius 1 is 1.75 bits per heavy atom. The van der Waals surface area contributed by atoms with E-state index in [1.165, 1.54) is 6.20 Å². The number of alkyl halides is 1. The molecule has 0 radical (unpaired) electrons. The number of hydrogen-bond donors (Lipinski definition) is 1. The van der Waals surface area contributed by atoms with E-state index in [0.717, 1.165) is 0 Å². The van der Waals surface area contributed by atoms with Gasteiger partial charge in [0.1, 0.15) is 4.60 Å². The molecule has 1 heterocycles. The van der Waals surface area contributed by atoms with Crippen molar-refractivity contribution in [1.29, 1.82) is 0 Å². The SMILES string of the molecule is CCOC(=O)C(F)[C@H](N)c1ccnc(Br)c1. The topological polar surface area (TPSA) is 65.2 Å². The lowest BCUT2D eigenvalue weighted by atomic mass is 10.1. The minimum Gasteiger partial charge on any atom is -0.464 e. The van der Waals surface area contributed by atoms with Gasteiger partial charge in [0.15, 0.2) is 0 Å². The largest absolute Gasteiger partial charge is 0.464 e. The Kier molecular flexibility index (Phi) is 4.82. The maximum absolute atomic E-state index is 13.6. The van der Waals surface area contributed by atoms with Gasteiger partial charge in [0.25, 0.3) is 0 Å². The first-order valence-electron chi connectivity index (χ1n) is 4.74. The van der Waals surface area contributed by atoms with Crippen molar-refractivity contribution in [1.82, 2.24) is 4.98 Å². The van der Waals surface area contributed by atoms with Crippen LogP contribution in [0.3, 0.4) is 0 Å². The Labute approximate surface area is 101 Å². The first kappa shape index (κ1) is 13.1. The monoisotopic (exact) mass is 290 g/mol. The highest BCUT2D eigenvalue weighted by Gasteiger charge is 2.27. The van der Waals surface area contributed by atoms with Crippen molar-refractivity contribution >= 4 is 21.9 Å². The number of halogens is 2.